The second-order valence-electron chi connectivity index (χ2n) is 6.75. The molecule has 142 valence electrons. The lowest BCUT2D eigenvalue weighted by Gasteiger charge is -2.16. The molecular formula is C18H22ClF3N4. The Morgan fingerprint density at radius 3 is 2.69 bits per heavy atom. The van der Waals surface area contributed by atoms with Crippen molar-refractivity contribution in [1.82, 2.24) is 15.3 Å². The maximum Gasteiger partial charge on any atom is 0.433 e. The van der Waals surface area contributed by atoms with E-state index in [1.54, 1.807) is 12.2 Å². The Bertz CT molecular complexity index is 682. The van der Waals surface area contributed by atoms with Crippen molar-refractivity contribution in [2.45, 2.75) is 50.2 Å². The van der Waals surface area contributed by atoms with Crippen LogP contribution in [-0.2, 0) is 12.7 Å². The van der Waals surface area contributed by atoms with Gasteiger partial charge in [0.25, 0.3) is 0 Å². The maximum absolute atomic E-state index is 13.4. The van der Waals surface area contributed by atoms with Gasteiger partial charge in [-0.25, -0.2) is 9.97 Å². The van der Waals surface area contributed by atoms with E-state index in [0.29, 0.717) is 18.0 Å². The van der Waals surface area contributed by atoms with E-state index in [0.717, 1.165) is 19.4 Å². The van der Waals surface area contributed by atoms with Gasteiger partial charge in [-0.1, -0.05) is 18.9 Å². The highest BCUT2D eigenvalue weighted by Crippen LogP contribution is 2.31. The smallest absolute Gasteiger partial charge is 0.324 e. The largest absolute Gasteiger partial charge is 0.433 e. The third-order valence-corrected chi connectivity index (χ3v) is 4.94. The highest BCUT2D eigenvalue weighted by Gasteiger charge is 2.36. The second kappa shape index (κ2) is 8.39. The fourth-order valence-electron chi connectivity index (χ4n) is 3.32. The lowest BCUT2D eigenvalue weighted by atomic mass is 10.1. The van der Waals surface area contributed by atoms with Crippen LogP contribution < -0.4 is 10.6 Å². The van der Waals surface area contributed by atoms with Gasteiger partial charge in [0.1, 0.15) is 0 Å². The summed E-state index contributed by atoms with van der Waals surface area (Å²) in [4.78, 5) is 7.75. The molecule has 0 radical (unpaired) electrons. The number of halogens is 4. The van der Waals surface area contributed by atoms with Gasteiger partial charge in [0.2, 0.25) is 5.95 Å². The van der Waals surface area contributed by atoms with Crippen LogP contribution >= 0.6 is 11.6 Å². The van der Waals surface area contributed by atoms with Crippen molar-refractivity contribution in [3.05, 3.63) is 41.4 Å². The van der Waals surface area contributed by atoms with Gasteiger partial charge in [0.05, 0.1) is 5.38 Å². The fraction of sp³-hybridized carbons (Fsp3) is 0.556. The van der Waals surface area contributed by atoms with Gasteiger partial charge in [-0.05, 0) is 43.9 Å². The lowest BCUT2D eigenvalue weighted by molar-refractivity contribution is -0.141. The van der Waals surface area contributed by atoms with Crippen LogP contribution in [0.25, 0.3) is 0 Å². The van der Waals surface area contributed by atoms with Crippen molar-refractivity contribution >= 4 is 17.5 Å². The molecule has 0 spiro atoms. The van der Waals surface area contributed by atoms with Crippen LogP contribution in [0.15, 0.2) is 30.1 Å². The van der Waals surface area contributed by atoms with Crippen LogP contribution in [0.2, 0.25) is 0 Å². The Balaban J connectivity index is 1.69. The first-order valence-corrected chi connectivity index (χ1v) is 9.29. The molecule has 0 aliphatic heterocycles. The van der Waals surface area contributed by atoms with Gasteiger partial charge in [-0.15, -0.1) is 11.6 Å². The van der Waals surface area contributed by atoms with Crippen LogP contribution in [0.1, 0.15) is 43.4 Å². The Morgan fingerprint density at radius 1 is 1.23 bits per heavy atom. The summed E-state index contributed by atoms with van der Waals surface area (Å²) in [5.74, 6) is 0.471. The summed E-state index contributed by atoms with van der Waals surface area (Å²) in [6, 6.07) is 0. The minimum atomic E-state index is -4.53. The van der Waals surface area contributed by atoms with Crippen LogP contribution in [0.3, 0.4) is 0 Å². The molecule has 2 aliphatic carbocycles. The highest BCUT2D eigenvalue weighted by molar-refractivity contribution is 6.22. The average molecular weight is 387 g/mol. The van der Waals surface area contributed by atoms with E-state index in [2.05, 4.69) is 20.6 Å². The molecule has 0 bridgehead atoms. The van der Waals surface area contributed by atoms with E-state index in [4.69, 9.17) is 11.6 Å². The third kappa shape index (κ3) is 5.20. The predicted octanol–water partition coefficient (Wildman–Crippen LogP) is 4.64. The molecule has 4 nitrogen and oxygen atoms in total. The summed E-state index contributed by atoms with van der Waals surface area (Å²) in [6.45, 7) is 0.837. The summed E-state index contributed by atoms with van der Waals surface area (Å²) in [6.07, 6.45) is 7.43. The van der Waals surface area contributed by atoms with Crippen molar-refractivity contribution in [3.63, 3.8) is 0 Å². The minimum absolute atomic E-state index is 0.0597. The number of hydrogen-bond donors (Lipinski definition) is 2. The van der Waals surface area contributed by atoms with Gasteiger partial charge < -0.3 is 10.6 Å². The SMILES string of the molecule is FC(F)(F)c1nc(NC2=CC(Cl)CC=C2)ncc1CNCC1CCCC1. The Kier molecular flexibility index (Phi) is 6.19. The van der Waals surface area contributed by atoms with Crippen LogP contribution in [0.4, 0.5) is 19.1 Å². The lowest BCUT2D eigenvalue weighted by Crippen LogP contribution is -2.24. The zero-order valence-corrected chi connectivity index (χ0v) is 15.1. The summed E-state index contributed by atoms with van der Waals surface area (Å²) in [5, 5.41) is 5.73. The summed E-state index contributed by atoms with van der Waals surface area (Å²) in [7, 11) is 0. The van der Waals surface area contributed by atoms with Crippen LogP contribution in [0, 0.1) is 5.92 Å². The van der Waals surface area contributed by atoms with Gasteiger partial charge in [-0.3, -0.25) is 0 Å². The zero-order chi connectivity index (χ0) is 18.6. The number of anilines is 1. The number of rotatable bonds is 6. The van der Waals surface area contributed by atoms with Gasteiger partial charge in [-0.2, -0.15) is 13.2 Å². The van der Waals surface area contributed by atoms with Crippen LogP contribution in [0.5, 0.6) is 0 Å². The van der Waals surface area contributed by atoms with Crippen molar-refractivity contribution < 1.29 is 13.2 Å². The highest BCUT2D eigenvalue weighted by atomic mass is 35.5. The molecule has 1 aromatic rings. The molecule has 26 heavy (non-hydrogen) atoms. The van der Waals surface area contributed by atoms with Gasteiger partial charge >= 0.3 is 6.18 Å². The van der Waals surface area contributed by atoms with E-state index in [1.807, 2.05) is 6.08 Å². The molecule has 2 N–H and O–H groups in total. The first-order chi connectivity index (χ1) is 12.4. The average Bonchev–Trinajstić information content (AvgIpc) is 3.08. The van der Waals surface area contributed by atoms with Crippen molar-refractivity contribution in [1.29, 1.82) is 0 Å². The van der Waals surface area contributed by atoms with E-state index in [1.165, 1.54) is 19.0 Å². The van der Waals surface area contributed by atoms with Crippen LogP contribution in [-0.4, -0.2) is 21.9 Å². The number of nitrogens with zero attached hydrogens (tertiary/aromatic N) is 2. The molecule has 1 heterocycles. The summed E-state index contributed by atoms with van der Waals surface area (Å²) >= 11 is 6.02. The van der Waals surface area contributed by atoms with E-state index < -0.39 is 11.9 Å². The number of alkyl halides is 4. The molecule has 2 aliphatic rings. The second-order valence-corrected chi connectivity index (χ2v) is 7.31. The minimum Gasteiger partial charge on any atom is -0.324 e. The number of aromatic nitrogens is 2. The molecule has 3 rings (SSSR count). The molecule has 1 aromatic heterocycles. The summed E-state index contributed by atoms with van der Waals surface area (Å²) in [5.41, 5.74) is -0.252. The number of nitrogens with one attached hydrogen (secondary N) is 2. The Hall–Kier alpha value is -1.60. The van der Waals surface area contributed by atoms with Crippen molar-refractivity contribution in [2.75, 3.05) is 11.9 Å². The molecular weight excluding hydrogens is 365 g/mol. The molecule has 8 heteroatoms. The zero-order valence-electron chi connectivity index (χ0n) is 14.3. The molecule has 1 unspecified atom stereocenters. The third-order valence-electron chi connectivity index (χ3n) is 4.63. The topological polar surface area (TPSA) is 49.8 Å². The van der Waals surface area contributed by atoms with Crippen molar-refractivity contribution in [2.24, 2.45) is 5.92 Å². The van der Waals surface area contributed by atoms with E-state index >= 15 is 0 Å². The standard InChI is InChI=1S/C18H22ClF3N4/c19-14-6-3-7-15(8-14)25-17-24-11-13(16(26-17)18(20,21)22)10-23-9-12-4-1-2-5-12/h3,7-8,11-12,14,23H,1-2,4-6,9-10H2,(H,24,25,26). The Labute approximate surface area is 155 Å². The fourth-order valence-corrected chi connectivity index (χ4v) is 3.56. The Morgan fingerprint density at radius 2 is 2.00 bits per heavy atom. The molecule has 1 fully saturated rings. The van der Waals surface area contributed by atoms with E-state index in [9.17, 15) is 13.2 Å². The van der Waals surface area contributed by atoms with Gasteiger partial charge in [0, 0.05) is 24.0 Å². The number of allylic oxidation sites excluding steroid dienone is 3. The molecule has 1 atom stereocenters. The van der Waals surface area contributed by atoms with E-state index in [-0.39, 0.29) is 23.4 Å². The first kappa shape index (κ1) is 19.2. The predicted molar refractivity (Wildman–Crippen MR) is 95.8 cm³/mol. The molecule has 0 amide bonds. The van der Waals surface area contributed by atoms with Gasteiger partial charge in [0.15, 0.2) is 5.69 Å². The first-order valence-electron chi connectivity index (χ1n) is 8.85. The molecule has 1 saturated carbocycles. The molecule has 0 aromatic carbocycles. The maximum atomic E-state index is 13.4. The number of hydrogen-bond acceptors (Lipinski definition) is 4. The summed E-state index contributed by atoms with van der Waals surface area (Å²) < 4.78 is 40.2. The molecule has 0 saturated heterocycles. The van der Waals surface area contributed by atoms with Crippen molar-refractivity contribution in [3.8, 4) is 0 Å². The quantitative estimate of drug-likeness (QED) is 0.699. The monoisotopic (exact) mass is 386 g/mol. The normalized spacial score (nSPS) is 21.1.